The molecule has 0 aliphatic carbocycles. The molecule has 0 radical (unpaired) electrons. The van der Waals surface area contributed by atoms with Crippen molar-refractivity contribution in [1.29, 1.82) is 0 Å². The summed E-state index contributed by atoms with van der Waals surface area (Å²) in [6.07, 6.45) is 2.08. The van der Waals surface area contributed by atoms with Crippen molar-refractivity contribution >= 4 is 27.5 Å². The van der Waals surface area contributed by atoms with E-state index < -0.39 is 28.5 Å². The van der Waals surface area contributed by atoms with Gasteiger partial charge in [-0.2, -0.15) is 0 Å². The smallest absolute Gasteiger partial charge is 0.244 e. The van der Waals surface area contributed by atoms with Crippen molar-refractivity contribution in [3.05, 3.63) is 95.6 Å². The summed E-state index contributed by atoms with van der Waals surface area (Å²) in [5, 5.41) is 2.93. The Bertz CT molecular complexity index is 1340. The average molecular weight is 552 g/mol. The van der Waals surface area contributed by atoms with E-state index in [2.05, 4.69) is 5.32 Å². The van der Waals surface area contributed by atoms with Gasteiger partial charge in [0.15, 0.2) is 0 Å². The van der Waals surface area contributed by atoms with E-state index in [1.807, 2.05) is 56.3 Å². The Balaban J connectivity index is 2.04. The van der Waals surface area contributed by atoms with Crippen LogP contribution in [0.4, 0.5) is 5.69 Å². The number of carbonyl (C=O) groups excluding carboxylic acids is 2. The molecule has 1 unspecified atom stereocenters. The Morgan fingerprint density at radius 2 is 1.62 bits per heavy atom. The van der Waals surface area contributed by atoms with Gasteiger partial charge in [0.1, 0.15) is 18.3 Å². The highest BCUT2D eigenvalue weighted by Crippen LogP contribution is 2.22. The number of benzene rings is 3. The number of ether oxygens (including phenoxy) is 1. The maximum absolute atomic E-state index is 14.0. The molecular formula is C30H37N3O5S. The van der Waals surface area contributed by atoms with Gasteiger partial charge in [-0.3, -0.25) is 13.9 Å². The van der Waals surface area contributed by atoms with Crippen LogP contribution in [-0.4, -0.2) is 57.6 Å². The Morgan fingerprint density at radius 3 is 2.23 bits per heavy atom. The van der Waals surface area contributed by atoms with Crippen LogP contribution < -0.4 is 14.4 Å². The Kier molecular flexibility index (Phi) is 10.5. The number of methoxy groups -OCH3 is 1. The topological polar surface area (TPSA) is 96.0 Å². The number of anilines is 1. The highest BCUT2D eigenvalue weighted by molar-refractivity contribution is 7.92. The third-order valence-corrected chi connectivity index (χ3v) is 7.45. The fraction of sp³-hybridized carbons (Fsp3) is 0.333. The lowest BCUT2D eigenvalue weighted by Gasteiger charge is -2.33. The zero-order valence-corrected chi connectivity index (χ0v) is 23.8. The van der Waals surface area contributed by atoms with Crippen LogP contribution in [-0.2, 0) is 32.6 Å². The number of rotatable bonds is 13. The van der Waals surface area contributed by atoms with Gasteiger partial charge < -0.3 is 15.0 Å². The second-order valence-corrected chi connectivity index (χ2v) is 11.4. The molecule has 39 heavy (non-hydrogen) atoms. The Morgan fingerprint density at radius 1 is 0.949 bits per heavy atom. The van der Waals surface area contributed by atoms with E-state index in [-0.39, 0.29) is 18.9 Å². The lowest BCUT2D eigenvalue weighted by molar-refractivity contribution is -0.140. The molecule has 1 N–H and O–H groups in total. The minimum Gasteiger partial charge on any atom is -0.497 e. The molecule has 0 aliphatic heterocycles. The zero-order chi connectivity index (χ0) is 28.4. The van der Waals surface area contributed by atoms with Crippen LogP contribution in [0.25, 0.3) is 0 Å². The first-order valence-electron chi connectivity index (χ1n) is 12.9. The summed E-state index contributed by atoms with van der Waals surface area (Å²) in [7, 11) is -2.24. The highest BCUT2D eigenvalue weighted by Gasteiger charge is 2.33. The first kappa shape index (κ1) is 29.7. The van der Waals surface area contributed by atoms with Gasteiger partial charge in [0, 0.05) is 19.5 Å². The molecule has 208 valence electrons. The van der Waals surface area contributed by atoms with E-state index in [0.717, 1.165) is 33.7 Å². The van der Waals surface area contributed by atoms with Gasteiger partial charge in [0.25, 0.3) is 0 Å². The SMILES string of the molecule is CCCNC(=O)C(Cc1ccccc1)N(Cc1cccc(OC)c1)C(=O)CN(c1ccc(C)cc1)S(C)(=O)=O. The van der Waals surface area contributed by atoms with E-state index in [1.54, 1.807) is 43.5 Å². The van der Waals surface area contributed by atoms with Crippen molar-refractivity contribution in [2.45, 2.75) is 39.3 Å². The minimum absolute atomic E-state index is 0.0958. The molecule has 2 amide bonds. The summed E-state index contributed by atoms with van der Waals surface area (Å²) in [6, 6.07) is 22.8. The van der Waals surface area contributed by atoms with Crippen LogP contribution in [0.5, 0.6) is 5.75 Å². The molecule has 0 saturated heterocycles. The number of nitrogens with one attached hydrogen (secondary N) is 1. The molecule has 3 aromatic rings. The number of amides is 2. The molecule has 0 saturated carbocycles. The fourth-order valence-electron chi connectivity index (χ4n) is 4.21. The Labute approximate surface area is 231 Å². The second-order valence-electron chi connectivity index (χ2n) is 9.47. The number of aryl methyl sites for hydroxylation is 1. The van der Waals surface area contributed by atoms with Crippen molar-refractivity contribution in [3.63, 3.8) is 0 Å². The number of hydrogen-bond donors (Lipinski definition) is 1. The molecule has 0 heterocycles. The first-order chi connectivity index (χ1) is 18.6. The van der Waals surface area contributed by atoms with Gasteiger partial charge in [-0.25, -0.2) is 8.42 Å². The summed E-state index contributed by atoms with van der Waals surface area (Å²) in [4.78, 5) is 29.0. The lowest BCUT2D eigenvalue weighted by Crippen LogP contribution is -2.53. The van der Waals surface area contributed by atoms with Crippen molar-refractivity contribution in [2.24, 2.45) is 0 Å². The van der Waals surface area contributed by atoms with Gasteiger partial charge in [-0.05, 0) is 48.7 Å². The maximum atomic E-state index is 14.0. The molecule has 0 spiro atoms. The molecule has 3 rings (SSSR count). The predicted octanol–water partition coefficient (Wildman–Crippen LogP) is 3.94. The van der Waals surface area contributed by atoms with Crippen molar-refractivity contribution in [2.75, 3.05) is 30.8 Å². The summed E-state index contributed by atoms with van der Waals surface area (Å²) in [6.45, 7) is 3.97. The van der Waals surface area contributed by atoms with E-state index in [0.29, 0.717) is 18.0 Å². The summed E-state index contributed by atoms with van der Waals surface area (Å²) < 4.78 is 32.1. The summed E-state index contributed by atoms with van der Waals surface area (Å²) in [5.74, 6) is -0.165. The second kappa shape index (κ2) is 13.8. The molecule has 0 bridgehead atoms. The molecule has 0 aliphatic rings. The van der Waals surface area contributed by atoms with Gasteiger partial charge >= 0.3 is 0 Å². The van der Waals surface area contributed by atoms with Crippen molar-refractivity contribution in [3.8, 4) is 5.75 Å². The normalized spacial score (nSPS) is 11.9. The molecule has 9 heteroatoms. The molecule has 8 nitrogen and oxygen atoms in total. The zero-order valence-electron chi connectivity index (χ0n) is 23.0. The lowest BCUT2D eigenvalue weighted by atomic mass is 10.0. The number of sulfonamides is 1. The summed E-state index contributed by atoms with van der Waals surface area (Å²) in [5.41, 5.74) is 2.99. The van der Waals surface area contributed by atoms with E-state index in [9.17, 15) is 18.0 Å². The molecule has 0 fully saturated rings. The third-order valence-electron chi connectivity index (χ3n) is 6.31. The number of carbonyl (C=O) groups is 2. The molecular weight excluding hydrogens is 514 g/mol. The average Bonchev–Trinajstić information content (AvgIpc) is 2.92. The first-order valence-corrected chi connectivity index (χ1v) is 14.8. The van der Waals surface area contributed by atoms with Gasteiger partial charge in [0.2, 0.25) is 21.8 Å². The third kappa shape index (κ3) is 8.58. The van der Waals surface area contributed by atoms with Crippen LogP contribution in [0, 0.1) is 6.92 Å². The van der Waals surface area contributed by atoms with Gasteiger partial charge in [-0.1, -0.05) is 67.1 Å². The fourth-order valence-corrected chi connectivity index (χ4v) is 5.06. The van der Waals surface area contributed by atoms with Crippen LogP contribution in [0.1, 0.15) is 30.0 Å². The quantitative estimate of drug-likeness (QED) is 0.347. The van der Waals surface area contributed by atoms with Crippen LogP contribution in [0.3, 0.4) is 0 Å². The standard InChI is InChI=1S/C30H37N3O5S/c1-5-18-31-30(35)28(20-24-10-7-6-8-11-24)32(21-25-12-9-13-27(19-25)38-3)29(34)22-33(39(4,36)37)26-16-14-23(2)15-17-26/h6-17,19,28H,5,18,20-22H2,1-4H3,(H,31,35). The van der Waals surface area contributed by atoms with Crippen molar-refractivity contribution < 1.29 is 22.7 Å². The summed E-state index contributed by atoms with van der Waals surface area (Å²) >= 11 is 0. The molecule has 3 aromatic carbocycles. The monoisotopic (exact) mass is 551 g/mol. The van der Waals surface area contributed by atoms with Crippen LogP contribution in [0.15, 0.2) is 78.9 Å². The van der Waals surface area contributed by atoms with Crippen molar-refractivity contribution in [1.82, 2.24) is 10.2 Å². The number of hydrogen-bond acceptors (Lipinski definition) is 5. The molecule has 0 aromatic heterocycles. The largest absolute Gasteiger partial charge is 0.497 e. The predicted molar refractivity (Wildman–Crippen MR) is 154 cm³/mol. The van der Waals surface area contributed by atoms with Gasteiger partial charge in [0.05, 0.1) is 19.1 Å². The minimum atomic E-state index is -3.80. The highest BCUT2D eigenvalue weighted by atomic mass is 32.2. The van der Waals surface area contributed by atoms with E-state index >= 15 is 0 Å². The van der Waals surface area contributed by atoms with Gasteiger partial charge in [-0.15, -0.1) is 0 Å². The number of nitrogens with zero attached hydrogens (tertiary/aromatic N) is 2. The maximum Gasteiger partial charge on any atom is 0.244 e. The van der Waals surface area contributed by atoms with Crippen LogP contribution >= 0.6 is 0 Å². The van der Waals surface area contributed by atoms with Crippen LogP contribution in [0.2, 0.25) is 0 Å². The van der Waals surface area contributed by atoms with E-state index in [4.69, 9.17) is 4.74 Å². The van der Waals surface area contributed by atoms with E-state index in [1.165, 1.54) is 4.90 Å². The molecule has 1 atom stereocenters. The Hall–Kier alpha value is -3.85.